The summed E-state index contributed by atoms with van der Waals surface area (Å²) in [5.74, 6) is 0. The second-order valence-corrected chi connectivity index (χ2v) is 8.95. The van der Waals surface area contributed by atoms with Crippen LogP contribution in [0.5, 0.6) is 0 Å². The molecule has 0 radical (unpaired) electrons. The Kier molecular flexibility index (Phi) is 3.75. The minimum Gasteiger partial charge on any atom is -0.342 e. The number of sulfone groups is 1. The molecule has 0 aliphatic carbocycles. The topological polar surface area (TPSA) is 51.1 Å². The molecule has 1 fully saturated rings. The van der Waals surface area contributed by atoms with Crippen LogP contribution >= 0.6 is 11.3 Å². The van der Waals surface area contributed by atoms with Gasteiger partial charge in [0, 0.05) is 29.7 Å². The lowest BCUT2D eigenvalue weighted by Crippen LogP contribution is -2.31. The van der Waals surface area contributed by atoms with Crippen LogP contribution in [0.3, 0.4) is 0 Å². The van der Waals surface area contributed by atoms with Crippen molar-refractivity contribution in [1.82, 2.24) is 9.88 Å². The SMILES string of the molecule is O=S(=O)(c1cccs1)c1cn(C2CCCNC2)c2ccccc12. The Balaban J connectivity index is 1.91. The summed E-state index contributed by atoms with van der Waals surface area (Å²) >= 11 is 1.27. The molecule has 4 nitrogen and oxygen atoms in total. The number of piperidine rings is 1. The van der Waals surface area contributed by atoms with Gasteiger partial charge < -0.3 is 9.88 Å². The van der Waals surface area contributed by atoms with Gasteiger partial charge in [0.15, 0.2) is 0 Å². The summed E-state index contributed by atoms with van der Waals surface area (Å²) in [5, 5.41) is 6.02. The molecule has 0 saturated carbocycles. The van der Waals surface area contributed by atoms with Gasteiger partial charge in [-0.05, 0) is 36.9 Å². The number of para-hydroxylation sites is 1. The van der Waals surface area contributed by atoms with E-state index in [-0.39, 0.29) is 0 Å². The summed E-state index contributed by atoms with van der Waals surface area (Å²) < 4.78 is 28.5. The second-order valence-electron chi connectivity index (χ2n) is 5.85. The van der Waals surface area contributed by atoms with E-state index in [0.717, 1.165) is 36.8 Å². The summed E-state index contributed by atoms with van der Waals surface area (Å²) in [6.07, 6.45) is 4.02. The first-order valence-corrected chi connectivity index (χ1v) is 10.1. The average Bonchev–Trinajstić information content (AvgIpc) is 3.24. The van der Waals surface area contributed by atoms with E-state index < -0.39 is 9.84 Å². The molecule has 1 N–H and O–H groups in total. The van der Waals surface area contributed by atoms with Crippen molar-refractivity contribution < 1.29 is 8.42 Å². The maximum atomic E-state index is 13.0. The van der Waals surface area contributed by atoms with Crippen molar-refractivity contribution >= 4 is 32.1 Å². The number of rotatable bonds is 3. The standard InChI is InChI=1S/C17H18N2O2S2/c20-23(21,17-8-4-10-22-17)16-12-19(13-5-3-9-18-11-13)15-7-2-1-6-14(15)16/h1-2,4,6-8,10,12-13,18H,3,5,9,11H2. The summed E-state index contributed by atoms with van der Waals surface area (Å²) in [6, 6.07) is 11.5. The molecule has 4 rings (SSSR count). The lowest BCUT2D eigenvalue weighted by molar-refractivity contribution is 0.378. The van der Waals surface area contributed by atoms with Crippen molar-refractivity contribution in [3.63, 3.8) is 0 Å². The Morgan fingerprint density at radius 1 is 1.17 bits per heavy atom. The molecule has 23 heavy (non-hydrogen) atoms. The van der Waals surface area contributed by atoms with Crippen LogP contribution in [-0.2, 0) is 9.84 Å². The normalized spacial score (nSPS) is 19.2. The molecular weight excluding hydrogens is 328 g/mol. The Morgan fingerprint density at radius 3 is 2.78 bits per heavy atom. The second kappa shape index (κ2) is 5.78. The van der Waals surface area contributed by atoms with Crippen molar-refractivity contribution in [1.29, 1.82) is 0 Å². The molecule has 1 aromatic carbocycles. The number of fused-ring (bicyclic) bond motifs is 1. The molecule has 0 spiro atoms. The number of hydrogen-bond acceptors (Lipinski definition) is 4. The Bertz CT molecular complexity index is 921. The van der Waals surface area contributed by atoms with Gasteiger partial charge in [-0.1, -0.05) is 24.3 Å². The van der Waals surface area contributed by atoms with E-state index in [1.165, 1.54) is 11.3 Å². The zero-order valence-corrected chi connectivity index (χ0v) is 14.2. The maximum absolute atomic E-state index is 13.0. The van der Waals surface area contributed by atoms with Gasteiger partial charge in [-0.3, -0.25) is 0 Å². The van der Waals surface area contributed by atoms with E-state index in [4.69, 9.17) is 0 Å². The monoisotopic (exact) mass is 346 g/mol. The fourth-order valence-corrected chi connectivity index (χ4v) is 5.86. The highest BCUT2D eigenvalue weighted by Crippen LogP contribution is 2.34. The predicted octanol–water partition coefficient (Wildman–Crippen LogP) is 3.46. The molecule has 120 valence electrons. The number of aromatic nitrogens is 1. The summed E-state index contributed by atoms with van der Waals surface area (Å²) in [7, 11) is -3.46. The number of hydrogen-bond donors (Lipinski definition) is 1. The van der Waals surface area contributed by atoms with Crippen LogP contribution in [0.2, 0.25) is 0 Å². The lowest BCUT2D eigenvalue weighted by Gasteiger charge is -2.25. The van der Waals surface area contributed by atoms with Gasteiger partial charge in [0.05, 0.1) is 4.90 Å². The van der Waals surface area contributed by atoms with Crippen LogP contribution in [-0.4, -0.2) is 26.1 Å². The van der Waals surface area contributed by atoms with Crippen molar-refractivity contribution in [3.05, 3.63) is 48.0 Å². The molecule has 3 aromatic rings. The molecule has 1 atom stereocenters. The van der Waals surface area contributed by atoms with E-state index >= 15 is 0 Å². The van der Waals surface area contributed by atoms with Crippen LogP contribution in [0.1, 0.15) is 18.9 Å². The Morgan fingerprint density at radius 2 is 2.04 bits per heavy atom. The first-order chi connectivity index (χ1) is 11.2. The minimum absolute atomic E-state index is 0.306. The Hall–Kier alpha value is -1.63. The predicted molar refractivity (Wildman–Crippen MR) is 92.8 cm³/mol. The van der Waals surface area contributed by atoms with Crippen molar-refractivity contribution in [2.24, 2.45) is 0 Å². The van der Waals surface area contributed by atoms with Gasteiger partial charge in [0.2, 0.25) is 9.84 Å². The van der Waals surface area contributed by atoms with Gasteiger partial charge in [-0.15, -0.1) is 11.3 Å². The lowest BCUT2D eigenvalue weighted by atomic mass is 10.1. The highest BCUT2D eigenvalue weighted by Gasteiger charge is 2.26. The van der Waals surface area contributed by atoms with E-state index in [1.807, 2.05) is 30.5 Å². The van der Waals surface area contributed by atoms with Crippen molar-refractivity contribution in [3.8, 4) is 0 Å². The van der Waals surface area contributed by atoms with Crippen LogP contribution in [0.25, 0.3) is 10.9 Å². The van der Waals surface area contributed by atoms with Crippen LogP contribution in [0.4, 0.5) is 0 Å². The fourth-order valence-electron chi connectivity index (χ4n) is 3.28. The molecule has 1 aliphatic heterocycles. The Labute approximate surface area is 139 Å². The molecule has 1 aliphatic rings. The van der Waals surface area contributed by atoms with Crippen LogP contribution < -0.4 is 5.32 Å². The number of thiophene rings is 1. The third-order valence-corrected chi connectivity index (χ3v) is 7.60. The van der Waals surface area contributed by atoms with Crippen molar-refractivity contribution in [2.75, 3.05) is 13.1 Å². The molecule has 1 saturated heterocycles. The zero-order chi connectivity index (χ0) is 15.9. The molecule has 0 amide bonds. The van der Waals surface area contributed by atoms with Gasteiger partial charge >= 0.3 is 0 Å². The third kappa shape index (κ3) is 2.51. The highest BCUT2D eigenvalue weighted by molar-refractivity contribution is 7.93. The molecule has 1 unspecified atom stereocenters. The van der Waals surface area contributed by atoms with E-state index in [0.29, 0.717) is 15.1 Å². The van der Waals surface area contributed by atoms with Gasteiger partial charge in [0.25, 0.3) is 0 Å². The number of nitrogens with zero attached hydrogens (tertiary/aromatic N) is 1. The summed E-state index contributed by atoms with van der Waals surface area (Å²) in [5.41, 5.74) is 0.997. The van der Waals surface area contributed by atoms with Gasteiger partial charge in [-0.25, -0.2) is 8.42 Å². The van der Waals surface area contributed by atoms with E-state index in [2.05, 4.69) is 9.88 Å². The van der Waals surface area contributed by atoms with Crippen LogP contribution in [0, 0.1) is 0 Å². The fraction of sp³-hybridized carbons (Fsp3) is 0.294. The third-order valence-electron chi connectivity index (χ3n) is 4.42. The summed E-state index contributed by atoms with van der Waals surface area (Å²) in [4.78, 5) is 0.418. The zero-order valence-electron chi connectivity index (χ0n) is 12.6. The van der Waals surface area contributed by atoms with E-state index in [1.54, 1.807) is 17.5 Å². The first kappa shape index (κ1) is 14.9. The highest BCUT2D eigenvalue weighted by atomic mass is 32.2. The van der Waals surface area contributed by atoms with Gasteiger partial charge in [0.1, 0.15) is 4.21 Å². The minimum atomic E-state index is -3.46. The smallest absolute Gasteiger partial charge is 0.218 e. The molecular formula is C17H18N2O2S2. The largest absolute Gasteiger partial charge is 0.342 e. The molecule has 0 bridgehead atoms. The quantitative estimate of drug-likeness (QED) is 0.790. The maximum Gasteiger partial charge on any atom is 0.218 e. The first-order valence-electron chi connectivity index (χ1n) is 7.77. The van der Waals surface area contributed by atoms with Crippen LogP contribution in [0.15, 0.2) is 57.1 Å². The summed E-state index contributed by atoms with van der Waals surface area (Å²) in [6.45, 7) is 1.92. The van der Waals surface area contributed by atoms with Crippen molar-refractivity contribution in [2.45, 2.75) is 28.0 Å². The van der Waals surface area contributed by atoms with E-state index in [9.17, 15) is 8.42 Å². The number of nitrogens with one attached hydrogen (secondary N) is 1. The van der Waals surface area contributed by atoms with Gasteiger partial charge in [-0.2, -0.15) is 0 Å². The molecule has 3 heterocycles. The molecule has 6 heteroatoms. The molecule has 2 aromatic heterocycles. The average molecular weight is 346 g/mol. The number of benzene rings is 1.